The second-order valence-electron chi connectivity index (χ2n) is 7.60. The van der Waals surface area contributed by atoms with Crippen LogP contribution in [0.3, 0.4) is 0 Å². The molecule has 3 heterocycles. The van der Waals surface area contributed by atoms with Crippen molar-refractivity contribution in [1.29, 1.82) is 0 Å². The van der Waals surface area contributed by atoms with Gasteiger partial charge in [0.15, 0.2) is 5.65 Å². The maximum absolute atomic E-state index is 6.10. The standard InChI is InChI=1S/C25H21ClN4O2/c1-15-23-20(17-8-5-4-6-9-17)13-22(28-24(23)30(3)29-15)31-14-21-16(2)32-25(27-21)18-10-7-11-19(26)12-18/h4-13H,14H2,1-3H3. The van der Waals surface area contributed by atoms with Crippen LogP contribution in [0.1, 0.15) is 17.1 Å². The van der Waals surface area contributed by atoms with E-state index in [0.717, 1.165) is 33.4 Å². The molecule has 32 heavy (non-hydrogen) atoms. The van der Waals surface area contributed by atoms with E-state index < -0.39 is 0 Å². The van der Waals surface area contributed by atoms with Gasteiger partial charge in [-0.15, -0.1) is 0 Å². The molecule has 0 spiro atoms. The lowest BCUT2D eigenvalue weighted by Crippen LogP contribution is -2.01. The molecule has 0 saturated heterocycles. The molecule has 0 saturated carbocycles. The molecule has 0 aliphatic carbocycles. The van der Waals surface area contributed by atoms with E-state index in [2.05, 4.69) is 22.2 Å². The number of oxazole rings is 1. The van der Waals surface area contributed by atoms with Crippen molar-refractivity contribution in [3.05, 3.63) is 82.8 Å². The molecule has 5 rings (SSSR count). The normalized spacial score (nSPS) is 11.2. The third kappa shape index (κ3) is 3.74. The van der Waals surface area contributed by atoms with Gasteiger partial charge in [-0.25, -0.2) is 4.98 Å². The number of hydrogen-bond donors (Lipinski definition) is 0. The zero-order valence-electron chi connectivity index (χ0n) is 18.0. The quantitative estimate of drug-likeness (QED) is 0.325. The highest BCUT2D eigenvalue weighted by Gasteiger charge is 2.17. The maximum atomic E-state index is 6.10. The molecule has 0 bridgehead atoms. The molecule has 6 nitrogen and oxygen atoms in total. The molecule has 0 aliphatic heterocycles. The minimum atomic E-state index is 0.236. The van der Waals surface area contributed by atoms with Crippen LogP contribution in [-0.2, 0) is 13.7 Å². The Morgan fingerprint density at radius 1 is 0.969 bits per heavy atom. The molecule has 0 aliphatic rings. The predicted molar refractivity (Wildman–Crippen MR) is 125 cm³/mol. The largest absolute Gasteiger partial charge is 0.471 e. The van der Waals surface area contributed by atoms with Crippen molar-refractivity contribution in [3.63, 3.8) is 0 Å². The van der Waals surface area contributed by atoms with E-state index in [4.69, 9.17) is 25.7 Å². The summed E-state index contributed by atoms with van der Waals surface area (Å²) in [5.74, 6) is 1.71. The van der Waals surface area contributed by atoms with Crippen LogP contribution in [0.15, 0.2) is 65.1 Å². The number of aromatic nitrogens is 4. The predicted octanol–water partition coefficient (Wildman–Crippen LogP) is 6.14. The highest BCUT2D eigenvalue weighted by Crippen LogP contribution is 2.33. The molecule has 0 fully saturated rings. The van der Waals surface area contributed by atoms with Gasteiger partial charge >= 0.3 is 0 Å². The summed E-state index contributed by atoms with van der Waals surface area (Å²) in [6.45, 7) is 4.10. The minimum Gasteiger partial charge on any atom is -0.471 e. The summed E-state index contributed by atoms with van der Waals surface area (Å²) >= 11 is 6.10. The first kappa shape index (κ1) is 20.3. The lowest BCUT2D eigenvalue weighted by molar-refractivity contribution is 0.288. The number of halogens is 1. The van der Waals surface area contributed by atoms with E-state index >= 15 is 0 Å². The van der Waals surface area contributed by atoms with E-state index in [1.807, 2.05) is 69.4 Å². The highest BCUT2D eigenvalue weighted by molar-refractivity contribution is 6.30. The average molecular weight is 445 g/mol. The summed E-state index contributed by atoms with van der Waals surface area (Å²) in [7, 11) is 1.89. The van der Waals surface area contributed by atoms with Gasteiger partial charge in [0.1, 0.15) is 18.1 Å². The van der Waals surface area contributed by atoms with Crippen LogP contribution in [0.4, 0.5) is 0 Å². The van der Waals surface area contributed by atoms with E-state index in [0.29, 0.717) is 28.2 Å². The van der Waals surface area contributed by atoms with Gasteiger partial charge in [-0.3, -0.25) is 4.68 Å². The first-order valence-electron chi connectivity index (χ1n) is 10.2. The molecule has 0 amide bonds. The Labute approximate surface area is 190 Å². The second-order valence-corrected chi connectivity index (χ2v) is 8.04. The Bertz CT molecular complexity index is 1420. The first-order valence-corrected chi connectivity index (χ1v) is 10.6. The molecular weight excluding hydrogens is 424 g/mol. The Kier molecular flexibility index (Phi) is 5.15. The number of aryl methyl sites for hydroxylation is 3. The second kappa shape index (κ2) is 8.13. The fraction of sp³-hybridized carbons (Fsp3) is 0.160. The van der Waals surface area contributed by atoms with Crippen LogP contribution < -0.4 is 4.74 Å². The van der Waals surface area contributed by atoms with Gasteiger partial charge in [-0.2, -0.15) is 10.1 Å². The Hall–Kier alpha value is -3.64. The van der Waals surface area contributed by atoms with E-state index in [1.54, 1.807) is 4.68 Å². The Morgan fingerprint density at radius 3 is 2.53 bits per heavy atom. The fourth-order valence-corrected chi connectivity index (χ4v) is 3.98. The van der Waals surface area contributed by atoms with Crippen LogP contribution in [0.2, 0.25) is 5.02 Å². The molecular formula is C25H21ClN4O2. The summed E-state index contributed by atoms with van der Waals surface area (Å²) in [4.78, 5) is 9.31. The van der Waals surface area contributed by atoms with E-state index in [1.165, 1.54) is 0 Å². The molecule has 3 aromatic heterocycles. The number of benzene rings is 2. The topological polar surface area (TPSA) is 66.0 Å². The monoisotopic (exact) mass is 444 g/mol. The van der Waals surface area contributed by atoms with Crippen molar-refractivity contribution >= 4 is 22.6 Å². The summed E-state index contributed by atoms with van der Waals surface area (Å²) < 4.78 is 13.7. The minimum absolute atomic E-state index is 0.236. The number of ether oxygens (including phenoxy) is 1. The van der Waals surface area contributed by atoms with Gasteiger partial charge in [0, 0.05) is 23.7 Å². The molecule has 5 aromatic rings. The fourth-order valence-electron chi connectivity index (χ4n) is 3.79. The molecule has 0 unspecified atom stereocenters. The van der Waals surface area contributed by atoms with Crippen LogP contribution >= 0.6 is 11.6 Å². The molecule has 0 atom stereocenters. The van der Waals surface area contributed by atoms with E-state index in [9.17, 15) is 0 Å². The Balaban J connectivity index is 1.48. The maximum Gasteiger partial charge on any atom is 0.226 e. The smallest absolute Gasteiger partial charge is 0.226 e. The number of fused-ring (bicyclic) bond motifs is 1. The van der Waals surface area contributed by atoms with Crippen molar-refractivity contribution in [3.8, 4) is 28.5 Å². The van der Waals surface area contributed by atoms with Crippen LogP contribution in [0.25, 0.3) is 33.6 Å². The van der Waals surface area contributed by atoms with Gasteiger partial charge in [-0.1, -0.05) is 48.0 Å². The zero-order valence-corrected chi connectivity index (χ0v) is 18.7. The third-order valence-corrected chi connectivity index (χ3v) is 5.59. The van der Waals surface area contributed by atoms with Crippen molar-refractivity contribution in [2.24, 2.45) is 7.05 Å². The van der Waals surface area contributed by atoms with Crippen molar-refractivity contribution in [2.75, 3.05) is 0 Å². The SMILES string of the molecule is Cc1oc(-c2cccc(Cl)c2)nc1COc1cc(-c2ccccc2)c2c(C)nn(C)c2n1. The summed E-state index contributed by atoms with van der Waals surface area (Å²) in [5, 5.41) is 6.21. The summed E-state index contributed by atoms with van der Waals surface area (Å²) in [5.41, 5.74) is 5.36. The first-order chi connectivity index (χ1) is 15.5. The number of rotatable bonds is 5. The van der Waals surface area contributed by atoms with Crippen LogP contribution in [0, 0.1) is 13.8 Å². The molecule has 0 N–H and O–H groups in total. The van der Waals surface area contributed by atoms with Crippen LogP contribution in [0.5, 0.6) is 5.88 Å². The zero-order chi connectivity index (χ0) is 22.2. The molecule has 160 valence electrons. The Morgan fingerprint density at radius 2 is 1.75 bits per heavy atom. The van der Waals surface area contributed by atoms with Gasteiger partial charge in [-0.05, 0) is 43.2 Å². The van der Waals surface area contributed by atoms with Gasteiger partial charge in [0.25, 0.3) is 0 Å². The molecule has 2 aromatic carbocycles. The highest BCUT2D eigenvalue weighted by atomic mass is 35.5. The van der Waals surface area contributed by atoms with Crippen molar-refractivity contribution < 1.29 is 9.15 Å². The van der Waals surface area contributed by atoms with E-state index in [-0.39, 0.29) is 6.61 Å². The van der Waals surface area contributed by atoms with Crippen molar-refractivity contribution in [1.82, 2.24) is 19.7 Å². The summed E-state index contributed by atoms with van der Waals surface area (Å²) in [6, 6.07) is 19.6. The molecule has 0 radical (unpaired) electrons. The van der Waals surface area contributed by atoms with Gasteiger partial charge < -0.3 is 9.15 Å². The van der Waals surface area contributed by atoms with Crippen molar-refractivity contribution in [2.45, 2.75) is 20.5 Å². The lowest BCUT2D eigenvalue weighted by atomic mass is 10.0. The number of hydrogen-bond acceptors (Lipinski definition) is 5. The number of pyridine rings is 1. The average Bonchev–Trinajstić information content (AvgIpc) is 3.31. The summed E-state index contributed by atoms with van der Waals surface area (Å²) in [6.07, 6.45) is 0. The lowest BCUT2D eigenvalue weighted by Gasteiger charge is -2.09. The van der Waals surface area contributed by atoms with Gasteiger partial charge in [0.2, 0.25) is 11.8 Å². The van der Waals surface area contributed by atoms with Gasteiger partial charge in [0.05, 0.1) is 11.1 Å². The number of nitrogens with zero attached hydrogens (tertiary/aromatic N) is 4. The van der Waals surface area contributed by atoms with Crippen LogP contribution in [-0.4, -0.2) is 19.7 Å². The molecule has 7 heteroatoms. The third-order valence-electron chi connectivity index (χ3n) is 5.35.